The van der Waals surface area contributed by atoms with Crippen molar-refractivity contribution in [1.82, 2.24) is 0 Å². The summed E-state index contributed by atoms with van der Waals surface area (Å²) in [5.74, 6) is 0.910. The van der Waals surface area contributed by atoms with Crippen molar-refractivity contribution in [3.05, 3.63) is 0 Å². The Morgan fingerprint density at radius 3 is 2.10 bits per heavy atom. The van der Waals surface area contributed by atoms with E-state index in [2.05, 4.69) is 0 Å². The second kappa shape index (κ2) is 5.49. The molecular weight excluding hydrogens is 195 g/mol. The van der Waals surface area contributed by atoms with Crippen LogP contribution in [0.4, 0.5) is 0 Å². The van der Waals surface area contributed by atoms with Crippen LogP contribution in [0.3, 0.4) is 0 Å². The average Bonchev–Trinajstić information content (AvgIpc) is 1.78. The highest BCUT2D eigenvalue weighted by molar-refractivity contribution is 8.43. The van der Waals surface area contributed by atoms with E-state index in [4.69, 9.17) is 31.4 Å². The van der Waals surface area contributed by atoms with Crippen molar-refractivity contribution in [3.8, 4) is 0 Å². The zero-order valence-electron chi connectivity index (χ0n) is 5.59. The van der Waals surface area contributed by atoms with E-state index in [0.717, 1.165) is 19.3 Å². The van der Waals surface area contributed by atoms with E-state index in [9.17, 15) is 0 Å². The van der Waals surface area contributed by atoms with Crippen molar-refractivity contribution in [2.45, 2.75) is 19.3 Å². The molecule has 0 heterocycles. The van der Waals surface area contributed by atoms with E-state index in [-0.39, 0.29) is 5.75 Å². The van der Waals surface area contributed by atoms with Crippen LogP contribution in [-0.2, 0) is 0 Å². The van der Waals surface area contributed by atoms with Gasteiger partial charge < -0.3 is 0 Å². The zero-order chi connectivity index (χ0) is 8.04. The third kappa shape index (κ3) is 8.85. The van der Waals surface area contributed by atoms with Crippen LogP contribution in [0.15, 0.2) is 0 Å². The lowest BCUT2D eigenvalue weighted by molar-refractivity contribution is 0.503. The SMILES string of the molecule is OS(O)(Cl)CCCCCCl. The van der Waals surface area contributed by atoms with Crippen LogP contribution in [0.25, 0.3) is 0 Å². The highest BCUT2D eigenvalue weighted by Crippen LogP contribution is 2.44. The maximum atomic E-state index is 8.69. The summed E-state index contributed by atoms with van der Waals surface area (Å²) in [5, 5.41) is 0. The summed E-state index contributed by atoms with van der Waals surface area (Å²) in [6.07, 6.45) is 2.55. The normalized spacial score (nSPS) is 13.6. The zero-order valence-corrected chi connectivity index (χ0v) is 7.92. The minimum absolute atomic E-state index is 0.283. The maximum absolute atomic E-state index is 8.69. The molecule has 0 amide bonds. The second-order valence-electron chi connectivity index (χ2n) is 2.04. The molecule has 64 valence electrons. The van der Waals surface area contributed by atoms with Crippen molar-refractivity contribution < 1.29 is 9.11 Å². The molecule has 0 rings (SSSR count). The van der Waals surface area contributed by atoms with Crippen LogP contribution in [0.1, 0.15) is 19.3 Å². The molecule has 2 N–H and O–H groups in total. The first-order valence-electron chi connectivity index (χ1n) is 3.08. The lowest BCUT2D eigenvalue weighted by atomic mass is 10.3. The molecule has 0 aromatic heterocycles. The fourth-order valence-electron chi connectivity index (χ4n) is 0.557. The van der Waals surface area contributed by atoms with Crippen LogP contribution in [-0.4, -0.2) is 20.7 Å². The molecule has 0 aliphatic carbocycles. The summed E-state index contributed by atoms with van der Waals surface area (Å²) in [6, 6.07) is 0. The molecular formula is C5H12Cl2O2S. The summed E-state index contributed by atoms with van der Waals surface area (Å²) in [5.41, 5.74) is 0. The molecule has 0 atom stereocenters. The van der Waals surface area contributed by atoms with Gasteiger partial charge in [0.2, 0.25) is 0 Å². The van der Waals surface area contributed by atoms with Gasteiger partial charge in [0.15, 0.2) is 0 Å². The fourth-order valence-corrected chi connectivity index (χ4v) is 1.64. The Hall–Kier alpha value is 0.850. The first kappa shape index (κ1) is 10.8. The third-order valence-corrected chi connectivity index (χ3v) is 2.58. The van der Waals surface area contributed by atoms with E-state index >= 15 is 0 Å². The highest BCUT2D eigenvalue weighted by Gasteiger charge is 2.04. The predicted molar refractivity (Wildman–Crippen MR) is 48.1 cm³/mol. The van der Waals surface area contributed by atoms with E-state index in [1.807, 2.05) is 0 Å². The van der Waals surface area contributed by atoms with Crippen LogP contribution in [0.5, 0.6) is 0 Å². The van der Waals surface area contributed by atoms with Gasteiger partial charge in [0, 0.05) is 16.6 Å². The van der Waals surface area contributed by atoms with E-state index in [1.165, 1.54) is 0 Å². The van der Waals surface area contributed by atoms with E-state index in [0.29, 0.717) is 5.88 Å². The van der Waals surface area contributed by atoms with Crippen LogP contribution in [0.2, 0.25) is 0 Å². The summed E-state index contributed by atoms with van der Waals surface area (Å²) in [6.45, 7) is 0. The largest absolute Gasteiger partial charge is 0.285 e. The molecule has 2 nitrogen and oxygen atoms in total. The van der Waals surface area contributed by atoms with Gasteiger partial charge in [0.1, 0.15) is 0 Å². The number of alkyl halides is 1. The van der Waals surface area contributed by atoms with Gasteiger partial charge in [0.25, 0.3) is 0 Å². The van der Waals surface area contributed by atoms with Gasteiger partial charge in [-0.2, -0.15) is 0 Å². The Balaban J connectivity index is 3.04. The first-order chi connectivity index (χ1) is 4.56. The van der Waals surface area contributed by atoms with Crippen LogP contribution >= 0.6 is 32.1 Å². The fraction of sp³-hybridized carbons (Fsp3) is 1.00. The van der Waals surface area contributed by atoms with Crippen LogP contribution < -0.4 is 0 Å². The van der Waals surface area contributed by atoms with Gasteiger partial charge >= 0.3 is 0 Å². The van der Waals surface area contributed by atoms with Crippen molar-refractivity contribution in [2.75, 3.05) is 11.6 Å². The number of unbranched alkanes of at least 4 members (excludes halogenated alkanes) is 2. The van der Waals surface area contributed by atoms with Gasteiger partial charge in [-0.1, -0.05) is 6.42 Å². The number of hydrogen-bond donors (Lipinski definition) is 2. The quantitative estimate of drug-likeness (QED) is 0.536. The molecule has 0 spiro atoms. The lowest BCUT2D eigenvalue weighted by Gasteiger charge is -2.22. The van der Waals surface area contributed by atoms with Crippen molar-refractivity contribution in [1.29, 1.82) is 0 Å². The van der Waals surface area contributed by atoms with E-state index in [1.54, 1.807) is 0 Å². The standard InChI is InChI=1S/C5H12Cl2O2S/c6-4-2-1-3-5-10(7,8)9/h8-9H,1-5H2. The molecule has 0 fully saturated rings. The van der Waals surface area contributed by atoms with Gasteiger partial charge in [-0.05, 0) is 12.8 Å². The lowest BCUT2D eigenvalue weighted by Crippen LogP contribution is -1.94. The summed E-state index contributed by atoms with van der Waals surface area (Å²) in [7, 11) is 2.40. The Bertz CT molecular complexity index is 84.2. The van der Waals surface area contributed by atoms with E-state index < -0.39 is 9.80 Å². The second-order valence-corrected chi connectivity index (χ2v) is 5.48. The van der Waals surface area contributed by atoms with Gasteiger partial charge in [0.05, 0.1) is 5.75 Å². The topological polar surface area (TPSA) is 40.5 Å². The molecule has 0 radical (unpaired) electrons. The Morgan fingerprint density at radius 2 is 1.70 bits per heavy atom. The van der Waals surface area contributed by atoms with Crippen LogP contribution in [0, 0.1) is 0 Å². The molecule has 0 saturated carbocycles. The minimum Gasteiger partial charge on any atom is -0.285 e. The molecule has 0 bridgehead atoms. The van der Waals surface area contributed by atoms with Gasteiger partial charge in [-0.15, -0.1) is 21.4 Å². The minimum atomic E-state index is -2.78. The average molecular weight is 207 g/mol. The number of rotatable bonds is 5. The molecule has 0 aliphatic rings. The first-order valence-corrected chi connectivity index (χ1v) is 6.15. The molecule has 0 aromatic carbocycles. The maximum Gasteiger partial charge on any atom is 0.0535 e. The van der Waals surface area contributed by atoms with Crippen molar-refractivity contribution >= 4 is 32.1 Å². The number of halogens is 2. The third-order valence-electron chi connectivity index (χ3n) is 1.04. The molecule has 0 aliphatic heterocycles. The molecule has 10 heavy (non-hydrogen) atoms. The summed E-state index contributed by atoms with van der Waals surface area (Å²) in [4.78, 5) is 0. The predicted octanol–water partition coefficient (Wildman–Crippen LogP) is 3.30. The van der Waals surface area contributed by atoms with Crippen molar-refractivity contribution in [3.63, 3.8) is 0 Å². The Kier molecular flexibility index (Phi) is 5.96. The smallest absolute Gasteiger partial charge is 0.0535 e. The van der Waals surface area contributed by atoms with Gasteiger partial charge in [-0.3, -0.25) is 9.11 Å². The van der Waals surface area contributed by atoms with Crippen molar-refractivity contribution in [2.24, 2.45) is 0 Å². The molecule has 0 unspecified atom stereocenters. The molecule has 5 heteroatoms. The van der Waals surface area contributed by atoms with Gasteiger partial charge in [-0.25, -0.2) is 0 Å². The Morgan fingerprint density at radius 1 is 1.10 bits per heavy atom. The Labute approximate surface area is 72.4 Å². The monoisotopic (exact) mass is 206 g/mol. The summed E-state index contributed by atoms with van der Waals surface area (Å²) >= 11 is 5.40. The summed E-state index contributed by atoms with van der Waals surface area (Å²) < 4.78 is 17.4. The molecule has 0 saturated heterocycles. The molecule has 0 aromatic rings. The highest BCUT2D eigenvalue weighted by atomic mass is 35.7. The number of hydrogen-bond acceptors (Lipinski definition) is 2.